The Kier molecular flexibility index (Phi) is 5.75. The molecule has 1 aromatic rings. The van der Waals surface area contributed by atoms with Crippen LogP contribution in [0.25, 0.3) is 0 Å². The SMILES string of the molecule is Cl.O=C(C1CCCNC1)N(Cc1ccc(F)cc1F)C1CC1. The number of carbonyl (C=O) groups excluding carboxylic acids is 1. The monoisotopic (exact) mass is 330 g/mol. The summed E-state index contributed by atoms with van der Waals surface area (Å²) in [6, 6.07) is 3.79. The predicted octanol–water partition coefficient (Wildman–Crippen LogP) is 2.88. The van der Waals surface area contributed by atoms with Gasteiger partial charge in [-0.2, -0.15) is 0 Å². The number of benzene rings is 1. The molecule has 1 saturated heterocycles. The number of piperidine rings is 1. The van der Waals surface area contributed by atoms with Gasteiger partial charge in [0, 0.05) is 30.8 Å². The summed E-state index contributed by atoms with van der Waals surface area (Å²) in [6.07, 6.45) is 3.85. The van der Waals surface area contributed by atoms with Crippen molar-refractivity contribution in [1.29, 1.82) is 0 Å². The second-order valence-corrected chi connectivity index (χ2v) is 5.98. The first kappa shape index (κ1) is 17.2. The van der Waals surface area contributed by atoms with Crippen molar-refractivity contribution in [3.05, 3.63) is 35.4 Å². The van der Waals surface area contributed by atoms with Crippen LogP contribution in [0.5, 0.6) is 0 Å². The minimum atomic E-state index is -0.586. The molecule has 22 heavy (non-hydrogen) atoms. The summed E-state index contributed by atoms with van der Waals surface area (Å²) < 4.78 is 26.8. The summed E-state index contributed by atoms with van der Waals surface area (Å²) in [6.45, 7) is 1.90. The molecular formula is C16H21ClF2N2O. The summed E-state index contributed by atoms with van der Waals surface area (Å²) in [4.78, 5) is 14.4. The Labute approximate surface area is 135 Å². The number of nitrogens with one attached hydrogen (secondary N) is 1. The largest absolute Gasteiger partial charge is 0.335 e. The lowest BCUT2D eigenvalue weighted by Crippen LogP contribution is -2.43. The van der Waals surface area contributed by atoms with Gasteiger partial charge in [-0.05, 0) is 38.3 Å². The Balaban J connectivity index is 0.00000176. The topological polar surface area (TPSA) is 32.3 Å². The Bertz CT molecular complexity index is 531. The van der Waals surface area contributed by atoms with Crippen molar-refractivity contribution in [1.82, 2.24) is 10.2 Å². The Morgan fingerprint density at radius 3 is 2.64 bits per heavy atom. The molecule has 0 radical (unpaired) electrons. The highest BCUT2D eigenvalue weighted by molar-refractivity contribution is 5.85. The smallest absolute Gasteiger partial charge is 0.227 e. The van der Waals surface area contributed by atoms with Gasteiger partial charge in [0.15, 0.2) is 0 Å². The van der Waals surface area contributed by atoms with Crippen LogP contribution in [0.3, 0.4) is 0 Å². The molecule has 122 valence electrons. The number of nitrogens with zero attached hydrogens (tertiary/aromatic N) is 1. The molecule has 1 aromatic carbocycles. The Morgan fingerprint density at radius 2 is 2.05 bits per heavy atom. The molecule has 0 aromatic heterocycles. The van der Waals surface area contributed by atoms with Crippen LogP contribution in [-0.2, 0) is 11.3 Å². The third-order valence-corrected chi connectivity index (χ3v) is 4.27. The molecule has 1 aliphatic carbocycles. The van der Waals surface area contributed by atoms with E-state index in [1.54, 1.807) is 4.90 Å². The third kappa shape index (κ3) is 3.96. The molecule has 1 unspecified atom stereocenters. The van der Waals surface area contributed by atoms with Gasteiger partial charge in [-0.25, -0.2) is 8.78 Å². The normalized spacial score (nSPS) is 21.1. The molecule has 0 bridgehead atoms. The minimum Gasteiger partial charge on any atom is -0.335 e. The first-order valence-electron chi connectivity index (χ1n) is 7.60. The van der Waals surface area contributed by atoms with Gasteiger partial charge >= 0.3 is 0 Å². The Hall–Kier alpha value is -1.20. The van der Waals surface area contributed by atoms with Crippen molar-refractivity contribution >= 4 is 18.3 Å². The van der Waals surface area contributed by atoms with Gasteiger partial charge in [-0.15, -0.1) is 12.4 Å². The van der Waals surface area contributed by atoms with E-state index in [1.165, 1.54) is 12.1 Å². The quantitative estimate of drug-likeness (QED) is 0.920. The van der Waals surface area contributed by atoms with E-state index in [9.17, 15) is 13.6 Å². The predicted molar refractivity (Wildman–Crippen MR) is 82.8 cm³/mol. The van der Waals surface area contributed by atoms with E-state index in [4.69, 9.17) is 0 Å². The molecule has 0 spiro atoms. The van der Waals surface area contributed by atoms with Gasteiger partial charge in [0.05, 0.1) is 5.92 Å². The zero-order chi connectivity index (χ0) is 14.8. The van der Waals surface area contributed by atoms with E-state index in [1.807, 2.05) is 0 Å². The number of amides is 1. The van der Waals surface area contributed by atoms with Crippen LogP contribution in [0.15, 0.2) is 18.2 Å². The summed E-state index contributed by atoms with van der Waals surface area (Å²) in [5.41, 5.74) is 0.389. The zero-order valence-electron chi connectivity index (χ0n) is 12.4. The van der Waals surface area contributed by atoms with Crippen LogP contribution in [0, 0.1) is 17.6 Å². The summed E-state index contributed by atoms with van der Waals surface area (Å²) in [5, 5.41) is 3.24. The van der Waals surface area contributed by atoms with E-state index < -0.39 is 11.6 Å². The summed E-state index contributed by atoms with van der Waals surface area (Å²) in [5.74, 6) is -1.07. The number of hydrogen-bond donors (Lipinski definition) is 1. The number of rotatable bonds is 4. The molecule has 2 aliphatic rings. The van der Waals surface area contributed by atoms with Crippen LogP contribution in [0.4, 0.5) is 8.78 Å². The number of hydrogen-bond acceptors (Lipinski definition) is 2. The molecule has 1 aliphatic heterocycles. The minimum absolute atomic E-state index is 0. The van der Waals surface area contributed by atoms with Gasteiger partial charge in [-0.3, -0.25) is 4.79 Å². The molecule has 1 saturated carbocycles. The van der Waals surface area contributed by atoms with Crippen LogP contribution in [0.2, 0.25) is 0 Å². The fourth-order valence-electron chi connectivity index (χ4n) is 2.90. The fourth-order valence-corrected chi connectivity index (χ4v) is 2.90. The van der Waals surface area contributed by atoms with E-state index in [0.717, 1.165) is 38.3 Å². The van der Waals surface area contributed by atoms with Crippen molar-refractivity contribution in [3.8, 4) is 0 Å². The third-order valence-electron chi connectivity index (χ3n) is 4.27. The molecule has 1 amide bonds. The highest BCUT2D eigenvalue weighted by Gasteiger charge is 2.36. The zero-order valence-corrected chi connectivity index (χ0v) is 13.2. The van der Waals surface area contributed by atoms with Gasteiger partial charge in [-0.1, -0.05) is 6.07 Å². The lowest BCUT2D eigenvalue weighted by molar-refractivity contribution is -0.137. The average molecular weight is 331 g/mol. The van der Waals surface area contributed by atoms with Crippen LogP contribution >= 0.6 is 12.4 Å². The van der Waals surface area contributed by atoms with Crippen molar-refractivity contribution in [2.24, 2.45) is 5.92 Å². The molecule has 1 N–H and O–H groups in total. The van der Waals surface area contributed by atoms with E-state index in [0.29, 0.717) is 12.1 Å². The first-order chi connectivity index (χ1) is 10.1. The molecule has 2 fully saturated rings. The first-order valence-corrected chi connectivity index (χ1v) is 7.60. The number of carbonyl (C=O) groups is 1. The van der Waals surface area contributed by atoms with Gasteiger partial charge < -0.3 is 10.2 Å². The van der Waals surface area contributed by atoms with Crippen molar-refractivity contribution < 1.29 is 13.6 Å². The van der Waals surface area contributed by atoms with Crippen molar-refractivity contribution in [2.75, 3.05) is 13.1 Å². The van der Waals surface area contributed by atoms with Crippen LogP contribution in [-0.4, -0.2) is 29.9 Å². The van der Waals surface area contributed by atoms with E-state index in [2.05, 4.69) is 5.32 Å². The fraction of sp³-hybridized carbons (Fsp3) is 0.562. The second-order valence-electron chi connectivity index (χ2n) is 5.98. The highest BCUT2D eigenvalue weighted by atomic mass is 35.5. The lowest BCUT2D eigenvalue weighted by atomic mass is 9.97. The summed E-state index contributed by atoms with van der Waals surface area (Å²) in [7, 11) is 0. The maximum Gasteiger partial charge on any atom is 0.227 e. The molecule has 6 heteroatoms. The Morgan fingerprint density at radius 1 is 1.27 bits per heavy atom. The van der Waals surface area contributed by atoms with Crippen LogP contribution in [0.1, 0.15) is 31.2 Å². The molecule has 3 nitrogen and oxygen atoms in total. The standard InChI is InChI=1S/C16H20F2N2O.ClH/c17-13-4-3-12(15(18)8-13)10-20(14-5-6-14)16(21)11-2-1-7-19-9-11;/h3-4,8,11,14,19H,1-2,5-7,9-10H2;1H. The second kappa shape index (κ2) is 7.38. The van der Waals surface area contributed by atoms with E-state index >= 15 is 0 Å². The van der Waals surface area contributed by atoms with Crippen molar-refractivity contribution in [2.45, 2.75) is 38.3 Å². The average Bonchev–Trinajstić information content (AvgIpc) is 3.31. The van der Waals surface area contributed by atoms with Crippen LogP contribution < -0.4 is 5.32 Å². The van der Waals surface area contributed by atoms with E-state index in [-0.39, 0.29) is 36.8 Å². The maximum absolute atomic E-state index is 13.8. The van der Waals surface area contributed by atoms with Gasteiger partial charge in [0.25, 0.3) is 0 Å². The maximum atomic E-state index is 13.8. The molecule has 1 atom stereocenters. The van der Waals surface area contributed by atoms with Gasteiger partial charge in [0.2, 0.25) is 5.91 Å². The van der Waals surface area contributed by atoms with Gasteiger partial charge in [0.1, 0.15) is 11.6 Å². The van der Waals surface area contributed by atoms with Crippen molar-refractivity contribution in [3.63, 3.8) is 0 Å². The molecule has 3 rings (SSSR count). The lowest BCUT2D eigenvalue weighted by Gasteiger charge is -2.30. The molecular weight excluding hydrogens is 310 g/mol. The number of halogens is 3. The summed E-state index contributed by atoms with van der Waals surface area (Å²) >= 11 is 0. The molecule has 1 heterocycles. The highest BCUT2D eigenvalue weighted by Crippen LogP contribution is 2.31.